The predicted octanol–water partition coefficient (Wildman–Crippen LogP) is 3.22. The third-order valence-electron chi connectivity index (χ3n) is 2.28. The third-order valence-corrected chi connectivity index (χ3v) is 2.87. The van der Waals surface area contributed by atoms with Gasteiger partial charge in [-0.25, -0.2) is 4.79 Å². The fraction of sp³-hybridized carbons (Fsp3) is 0.333. The van der Waals surface area contributed by atoms with E-state index in [-0.39, 0.29) is 16.8 Å². The van der Waals surface area contributed by atoms with Crippen LogP contribution in [0.5, 0.6) is 5.75 Å². The fourth-order valence-electron chi connectivity index (χ4n) is 1.44. The molecule has 1 aromatic carbocycles. The summed E-state index contributed by atoms with van der Waals surface area (Å²) in [7, 11) is 1.18. The Kier molecular flexibility index (Phi) is 5.15. The topological polar surface area (TPSA) is 52.6 Å². The largest absolute Gasteiger partial charge is 0.495 e. The molecule has 0 amide bonds. The Labute approximate surface area is 121 Å². The number of carbonyl (C=O) groups excluding carboxylic acids is 2. The summed E-state index contributed by atoms with van der Waals surface area (Å²) in [6.45, 7) is 1.41. The first kappa shape index (κ1) is 16.5. The van der Waals surface area contributed by atoms with Crippen LogP contribution in [0, 0.1) is 0 Å². The van der Waals surface area contributed by atoms with Crippen molar-refractivity contribution in [2.24, 2.45) is 0 Å². The van der Waals surface area contributed by atoms with Gasteiger partial charge < -0.3 is 9.47 Å². The molecule has 0 radical (unpaired) electrons. The van der Waals surface area contributed by atoms with E-state index in [1.807, 2.05) is 0 Å². The Morgan fingerprint density at radius 1 is 1.30 bits per heavy atom. The summed E-state index contributed by atoms with van der Waals surface area (Å²) >= 11 is 2.88. The number of hydrogen-bond acceptors (Lipinski definition) is 4. The summed E-state index contributed by atoms with van der Waals surface area (Å²) in [6, 6.07) is 1.32. The van der Waals surface area contributed by atoms with E-state index in [4.69, 9.17) is 4.74 Å². The van der Waals surface area contributed by atoms with Crippen LogP contribution in [0.4, 0.5) is 13.2 Å². The van der Waals surface area contributed by atoms with Gasteiger partial charge in [0, 0.05) is 0 Å². The lowest BCUT2D eigenvalue weighted by molar-refractivity contribution is -0.139. The van der Waals surface area contributed by atoms with Crippen LogP contribution >= 0.6 is 15.9 Å². The van der Waals surface area contributed by atoms with Crippen LogP contribution < -0.4 is 4.74 Å². The number of benzene rings is 1. The van der Waals surface area contributed by atoms with Crippen molar-refractivity contribution < 1.29 is 32.2 Å². The fourth-order valence-corrected chi connectivity index (χ4v) is 2.06. The van der Waals surface area contributed by atoms with Crippen molar-refractivity contribution in [2.45, 2.75) is 13.1 Å². The molecule has 0 heterocycles. The monoisotopic (exact) mass is 354 g/mol. The molecule has 0 aliphatic rings. The third kappa shape index (κ3) is 3.50. The highest BCUT2D eigenvalue weighted by Crippen LogP contribution is 2.37. The van der Waals surface area contributed by atoms with Crippen LogP contribution in [-0.2, 0) is 15.7 Å². The highest BCUT2D eigenvalue weighted by atomic mass is 79.9. The van der Waals surface area contributed by atoms with Crippen LogP contribution in [-0.4, -0.2) is 25.5 Å². The van der Waals surface area contributed by atoms with Crippen molar-refractivity contribution in [2.75, 3.05) is 13.7 Å². The Morgan fingerprint density at radius 2 is 1.90 bits per heavy atom. The number of Topliss-reactive ketones (excluding diaryl/α,β-unsaturated/α-hetero) is 1. The lowest BCUT2D eigenvalue weighted by atomic mass is 10.1. The molecule has 0 fully saturated rings. The lowest BCUT2D eigenvalue weighted by Gasteiger charge is -2.13. The summed E-state index contributed by atoms with van der Waals surface area (Å²) in [5, 5.41) is 0. The second-order valence-electron chi connectivity index (χ2n) is 3.59. The van der Waals surface area contributed by atoms with Crippen molar-refractivity contribution >= 4 is 27.7 Å². The average Bonchev–Trinajstić information content (AvgIpc) is 2.36. The number of esters is 1. The van der Waals surface area contributed by atoms with Gasteiger partial charge in [-0.3, -0.25) is 4.79 Å². The van der Waals surface area contributed by atoms with Crippen LogP contribution in [0.25, 0.3) is 0 Å². The maximum absolute atomic E-state index is 12.7. The first-order chi connectivity index (χ1) is 9.22. The molecule has 0 aromatic heterocycles. The molecule has 110 valence electrons. The standard InChI is InChI=1S/C12H10BrF3O4/c1-3-20-11(18)9(17)7-4-6(12(14,15)16)5-8(13)10(7)19-2/h4-5H,3H2,1-2H3. The second kappa shape index (κ2) is 6.25. The molecule has 0 aliphatic heterocycles. The molecule has 0 saturated heterocycles. The molecule has 0 atom stereocenters. The summed E-state index contributed by atoms with van der Waals surface area (Å²) < 4.78 is 47.4. The van der Waals surface area contributed by atoms with Gasteiger partial charge >= 0.3 is 12.1 Å². The summed E-state index contributed by atoms with van der Waals surface area (Å²) in [5.74, 6) is -2.59. The van der Waals surface area contributed by atoms with Crippen LogP contribution in [0.15, 0.2) is 16.6 Å². The van der Waals surface area contributed by atoms with Gasteiger partial charge in [-0.05, 0) is 35.0 Å². The first-order valence-electron chi connectivity index (χ1n) is 5.38. The van der Waals surface area contributed by atoms with E-state index >= 15 is 0 Å². The molecule has 20 heavy (non-hydrogen) atoms. The van der Waals surface area contributed by atoms with Gasteiger partial charge in [-0.15, -0.1) is 0 Å². The molecule has 1 aromatic rings. The van der Waals surface area contributed by atoms with Crippen molar-refractivity contribution in [1.29, 1.82) is 0 Å². The Morgan fingerprint density at radius 3 is 2.35 bits per heavy atom. The van der Waals surface area contributed by atoms with Gasteiger partial charge in [-0.2, -0.15) is 13.2 Å². The number of hydrogen-bond donors (Lipinski definition) is 0. The molecular formula is C12H10BrF3O4. The van der Waals surface area contributed by atoms with Crippen molar-refractivity contribution in [3.8, 4) is 5.75 Å². The van der Waals surface area contributed by atoms with E-state index < -0.39 is 29.1 Å². The Bertz CT molecular complexity index is 540. The maximum Gasteiger partial charge on any atom is 0.416 e. The van der Waals surface area contributed by atoms with Gasteiger partial charge in [0.15, 0.2) is 0 Å². The summed E-state index contributed by atoms with van der Waals surface area (Å²) in [5.41, 5.74) is -1.58. The lowest BCUT2D eigenvalue weighted by Crippen LogP contribution is -2.19. The highest BCUT2D eigenvalue weighted by molar-refractivity contribution is 9.10. The smallest absolute Gasteiger partial charge is 0.416 e. The number of carbonyl (C=O) groups is 2. The Hall–Kier alpha value is -1.57. The quantitative estimate of drug-likeness (QED) is 0.473. The number of methoxy groups -OCH3 is 1. The van der Waals surface area contributed by atoms with E-state index in [1.54, 1.807) is 0 Å². The number of rotatable bonds is 4. The molecule has 0 bridgehead atoms. The van der Waals surface area contributed by atoms with Gasteiger partial charge in [0.05, 0.1) is 29.3 Å². The molecule has 0 aliphatic carbocycles. The van der Waals surface area contributed by atoms with Crippen molar-refractivity contribution in [1.82, 2.24) is 0 Å². The highest BCUT2D eigenvalue weighted by Gasteiger charge is 2.34. The van der Waals surface area contributed by atoms with E-state index in [9.17, 15) is 22.8 Å². The van der Waals surface area contributed by atoms with Gasteiger partial charge in [0.1, 0.15) is 5.75 Å². The SMILES string of the molecule is CCOC(=O)C(=O)c1cc(C(F)(F)F)cc(Br)c1OC. The van der Waals surface area contributed by atoms with Gasteiger partial charge in [0.2, 0.25) is 0 Å². The molecule has 0 unspecified atom stereocenters. The molecular weight excluding hydrogens is 345 g/mol. The zero-order valence-corrected chi connectivity index (χ0v) is 12.1. The van der Waals surface area contributed by atoms with Crippen molar-refractivity contribution in [3.63, 3.8) is 0 Å². The van der Waals surface area contributed by atoms with E-state index in [0.717, 1.165) is 6.07 Å². The molecule has 8 heteroatoms. The van der Waals surface area contributed by atoms with Crippen LogP contribution in [0.2, 0.25) is 0 Å². The second-order valence-corrected chi connectivity index (χ2v) is 4.44. The van der Waals surface area contributed by atoms with E-state index in [1.165, 1.54) is 14.0 Å². The zero-order chi connectivity index (χ0) is 15.5. The predicted molar refractivity (Wildman–Crippen MR) is 66.7 cm³/mol. The van der Waals surface area contributed by atoms with E-state index in [2.05, 4.69) is 20.7 Å². The number of halogens is 4. The van der Waals surface area contributed by atoms with Gasteiger partial charge in [0.25, 0.3) is 5.78 Å². The average molecular weight is 355 g/mol. The number of alkyl halides is 3. The summed E-state index contributed by atoms with van der Waals surface area (Å²) in [4.78, 5) is 23.2. The maximum atomic E-state index is 12.7. The van der Waals surface area contributed by atoms with Crippen molar-refractivity contribution in [3.05, 3.63) is 27.7 Å². The first-order valence-corrected chi connectivity index (χ1v) is 6.17. The van der Waals surface area contributed by atoms with Crippen LogP contribution in [0.3, 0.4) is 0 Å². The van der Waals surface area contributed by atoms with E-state index in [0.29, 0.717) is 6.07 Å². The minimum Gasteiger partial charge on any atom is -0.495 e. The molecule has 0 saturated carbocycles. The molecule has 4 nitrogen and oxygen atoms in total. The minimum atomic E-state index is -4.65. The number of ketones is 1. The molecule has 0 N–H and O–H groups in total. The Balaban J connectivity index is 3.39. The zero-order valence-electron chi connectivity index (χ0n) is 10.5. The van der Waals surface area contributed by atoms with Gasteiger partial charge in [-0.1, -0.05) is 0 Å². The normalized spacial score (nSPS) is 11.1. The van der Waals surface area contributed by atoms with Crippen LogP contribution in [0.1, 0.15) is 22.8 Å². The molecule has 1 rings (SSSR count). The summed E-state index contributed by atoms with van der Waals surface area (Å²) in [6.07, 6.45) is -4.65. The minimum absolute atomic E-state index is 0.0625. The molecule has 0 spiro atoms. The number of ether oxygens (including phenoxy) is 2.